The van der Waals surface area contributed by atoms with E-state index in [4.69, 9.17) is 10.5 Å². The van der Waals surface area contributed by atoms with Gasteiger partial charge in [-0.1, -0.05) is 15.9 Å². The number of halogens is 3. The van der Waals surface area contributed by atoms with Gasteiger partial charge in [-0.2, -0.15) is 0 Å². The molecule has 1 aromatic rings. The minimum atomic E-state index is -0.856. The lowest BCUT2D eigenvalue weighted by Crippen LogP contribution is -2.34. The van der Waals surface area contributed by atoms with Crippen molar-refractivity contribution in [1.29, 1.82) is 0 Å². The zero-order valence-electron chi connectivity index (χ0n) is 9.17. The Morgan fingerprint density at radius 1 is 1.53 bits per heavy atom. The number of ether oxygens (including phenoxy) is 1. The van der Waals surface area contributed by atoms with Crippen LogP contribution in [0.1, 0.15) is 12.5 Å². The van der Waals surface area contributed by atoms with Gasteiger partial charge in [-0.05, 0) is 40.5 Å². The van der Waals surface area contributed by atoms with Gasteiger partial charge in [0.1, 0.15) is 11.9 Å². The zero-order valence-corrected chi connectivity index (χ0v) is 12.3. The number of carbonyl (C=O) groups is 1. The summed E-state index contributed by atoms with van der Waals surface area (Å²) >= 11 is 6.34. The monoisotopic (exact) mass is 367 g/mol. The summed E-state index contributed by atoms with van der Waals surface area (Å²) in [4.78, 5) is 11.3. The summed E-state index contributed by atoms with van der Waals surface area (Å²) in [5.41, 5.74) is 6.00. The molecule has 1 aromatic carbocycles. The fraction of sp³-hybridized carbons (Fsp3) is 0.364. The Balaban J connectivity index is 2.84. The minimum Gasteiger partial charge on any atom is -0.465 e. The van der Waals surface area contributed by atoms with Crippen molar-refractivity contribution in [3.05, 3.63) is 32.5 Å². The van der Waals surface area contributed by atoms with Crippen molar-refractivity contribution in [2.24, 2.45) is 5.73 Å². The third-order valence-corrected chi connectivity index (χ3v) is 3.13. The van der Waals surface area contributed by atoms with Crippen molar-refractivity contribution in [2.75, 3.05) is 6.61 Å². The third-order valence-electron chi connectivity index (χ3n) is 2.10. The van der Waals surface area contributed by atoms with Crippen LogP contribution in [0, 0.1) is 5.82 Å². The first kappa shape index (κ1) is 14.6. The molecule has 1 atom stereocenters. The van der Waals surface area contributed by atoms with E-state index in [1.807, 2.05) is 0 Å². The van der Waals surface area contributed by atoms with Crippen LogP contribution in [0.15, 0.2) is 21.1 Å². The maximum atomic E-state index is 13.7. The zero-order chi connectivity index (χ0) is 13.0. The van der Waals surface area contributed by atoms with E-state index in [1.165, 1.54) is 0 Å². The number of hydrogen-bond donors (Lipinski definition) is 1. The molecule has 0 aliphatic carbocycles. The highest BCUT2D eigenvalue weighted by molar-refractivity contribution is 9.11. The van der Waals surface area contributed by atoms with Crippen molar-refractivity contribution in [1.82, 2.24) is 0 Å². The molecule has 1 rings (SSSR count). The van der Waals surface area contributed by atoms with E-state index in [2.05, 4.69) is 31.9 Å². The Morgan fingerprint density at radius 3 is 2.76 bits per heavy atom. The van der Waals surface area contributed by atoms with E-state index < -0.39 is 17.8 Å². The molecular weight excluding hydrogens is 357 g/mol. The molecular formula is C11H12Br2FNO2. The van der Waals surface area contributed by atoms with E-state index in [1.54, 1.807) is 19.1 Å². The summed E-state index contributed by atoms with van der Waals surface area (Å²) in [6, 6.07) is 2.33. The van der Waals surface area contributed by atoms with Crippen LogP contribution in [0.4, 0.5) is 4.39 Å². The van der Waals surface area contributed by atoms with Crippen molar-refractivity contribution >= 4 is 37.8 Å². The summed E-state index contributed by atoms with van der Waals surface area (Å²) in [6.45, 7) is 1.96. The number of hydrogen-bond acceptors (Lipinski definition) is 3. The second-order valence-electron chi connectivity index (χ2n) is 3.42. The summed E-state index contributed by atoms with van der Waals surface area (Å²) in [7, 11) is 0. The van der Waals surface area contributed by atoms with Crippen LogP contribution < -0.4 is 5.73 Å². The second kappa shape index (κ2) is 6.47. The minimum absolute atomic E-state index is 0.0999. The molecule has 0 radical (unpaired) electrons. The van der Waals surface area contributed by atoms with Crippen LogP contribution in [0.25, 0.3) is 0 Å². The van der Waals surface area contributed by atoms with E-state index in [-0.39, 0.29) is 13.0 Å². The van der Waals surface area contributed by atoms with Gasteiger partial charge in [-0.15, -0.1) is 0 Å². The van der Waals surface area contributed by atoms with Crippen LogP contribution in [0.3, 0.4) is 0 Å². The van der Waals surface area contributed by atoms with Gasteiger partial charge in [0.15, 0.2) is 0 Å². The predicted molar refractivity (Wildman–Crippen MR) is 70.1 cm³/mol. The molecule has 0 aliphatic heterocycles. The first-order valence-corrected chi connectivity index (χ1v) is 6.60. The largest absolute Gasteiger partial charge is 0.465 e. The molecule has 0 bridgehead atoms. The Kier molecular flexibility index (Phi) is 5.55. The summed E-state index contributed by atoms with van der Waals surface area (Å²) in [5.74, 6) is -0.934. The number of esters is 1. The molecule has 6 heteroatoms. The Bertz CT molecular complexity index is 426. The molecule has 0 saturated carbocycles. The van der Waals surface area contributed by atoms with E-state index in [0.29, 0.717) is 10.0 Å². The maximum Gasteiger partial charge on any atom is 0.323 e. The Morgan fingerprint density at radius 2 is 2.18 bits per heavy atom. The smallest absolute Gasteiger partial charge is 0.323 e. The van der Waals surface area contributed by atoms with Gasteiger partial charge < -0.3 is 10.5 Å². The molecule has 2 N–H and O–H groups in total. The van der Waals surface area contributed by atoms with Crippen molar-refractivity contribution in [3.63, 3.8) is 0 Å². The summed E-state index contributed by atoms with van der Waals surface area (Å²) in [6.07, 6.45) is 0.0999. The molecule has 0 heterocycles. The second-order valence-corrected chi connectivity index (χ2v) is 5.19. The van der Waals surface area contributed by atoms with Crippen molar-refractivity contribution < 1.29 is 13.9 Å². The SMILES string of the molecule is CCOC(=O)C(N)Cc1cc(Br)cc(Br)c1F. The van der Waals surface area contributed by atoms with Crippen molar-refractivity contribution in [2.45, 2.75) is 19.4 Å². The highest BCUT2D eigenvalue weighted by atomic mass is 79.9. The maximum absolute atomic E-state index is 13.7. The highest BCUT2D eigenvalue weighted by Crippen LogP contribution is 2.25. The van der Waals surface area contributed by atoms with Gasteiger partial charge >= 0.3 is 5.97 Å². The standard InChI is InChI=1S/C11H12Br2FNO2/c1-2-17-11(16)9(15)4-6-3-7(12)5-8(13)10(6)14/h3,5,9H,2,4,15H2,1H3. The van der Waals surface area contributed by atoms with Gasteiger partial charge in [0.2, 0.25) is 0 Å². The fourth-order valence-electron chi connectivity index (χ4n) is 1.33. The molecule has 0 aromatic heterocycles. The molecule has 1 unspecified atom stereocenters. The highest BCUT2D eigenvalue weighted by Gasteiger charge is 2.18. The average Bonchev–Trinajstić information content (AvgIpc) is 2.25. The molecule has 0 saturated heterocycles. The molecule has 3 nitrogen and oxygen atoms in total. The first-order chi connectivity index (χ1) is 7.95. The summed E-state index contributed by atoms with van der Waals surface area (Å²) in [5, 5.41) is 0. The Labute approximate surface area is 116 Å². The molecule has 0 spiro atoms. The lowest BCUT2D eigenvalue weighted by Gasteiger charge is -2.12. The number of nitrogens with two attached hydrogens (primary N) is 1. The topological polar surface area (TPSA) is 52.3 Å². The van der Waals surface area contributed by atoms with Gasteiger partial charge in [0, 0.05) is 10.9 Å². The van der Waals surface area contributed by atoms with Gasteiger partial charge in [-0.3, -0.25) is 4.79 Å². The predicted octanol–water partition coefficient (Wildman–Crippen LogP) is 2.78. The number of rotatable bonds is 4. The molecule has 94 valence electrons. The van der Waals surface area contributed by atoms with Crippen LogP contribution in [0.5, 0.6) is 0 Å². The van der Waals surface area contributed by atoms with E-state index in [9.17, 15) is 9.18 Å². The molecule has 17 heavy (non-hydrogen) atoms. The number of benzene rings is 1. The lowest BCUT2D eigenvalue weighted by atomic mass is 10.1. The van der Waals surface area contributed by atoms with Crippen LogP contribution in [-0.2, 0) is 16.0 Å². The lowest BCUT2D eigenvalue weighted by molar-refractivity contribution is -0.144. The first-order valence-electron chi connectivity index (χ1n) is 5.01. The molecule has 0 amide bonds. The van der Waals surface area contributed by atoms with Crippen LogP contribution in [0.2, 0.25) is 0 Å². The quantitative estimate of drug-likeness (QED) is 0.656. The van der Waals surface area contributed by atoms with Gasteiger partial charge in [0.25, 0.3) is 0 Å². The van der Waals surface area contributed by atoms with Crippen molar-refractivity contribution in [3.8, 4) is 0 Å². The van der Waals surface area contributed by atoms with Crippen LogP contribution in [-0.4, -0.2) is 18.6 Å². The summed E-state index contributed by atoms with van der Waals surface area (Å²) < 4.78 is 19.5. The van der Waals surface area contributed by atoms with E-state index in [0.717, 1.165) is 4.47 Å². The fourth-order valence-corrected chi connectivity index (χ4v) is 2.64. The van der Waals surface area contributed by atoms with E-state index >= 15 is 0 Å². The third kappa shape index (κ3) is 4.04. The normalized spacial score (nSPS) is 12.3. The number of carbonyl (C=O) groups excluding carboxylic acids is 1. The Hall–Kier alpha value is -0.460. The average molecular weight is 369 g/mol. The molecule has 0 aliphatic rings. The van der Waals surface area contributed by atoms with Gasteiger partial charge in [0.05, 0.1) is 11.1 Å². The van der Waals surface area contributed by atoms with Gasteiger partial charge in [-0.25, -0.2) is 4.39 Å². The van der Waals surface area contributed by atoms with Crippen LogP contribution >= 0.6 is 31.9 Å². The molecule has 0 fully saturated rings.